The number of aryl methyl sites for hydroxylation is 1. The van der Waals surface area contributed by atoms with Crippen LogP contribution in [0.15, 0.2) is 12.1 Å². The minimum atomic E-state index is -0.254. The average Bonchev–Trinajstić information content (AvgIpc) is 2.70. The van der Waals surface area contributed by atoms with E-state index in [0.717, 1.165) is 36.7 Å². The quantitative estimate of drug-likeness (QED) is 0.787. The summed E-state index contributed by atoms with van der Waals surface area (Å²) >= 11 is 0. The van der Waals surface area contributed by atoms with Gasteiger partial charge >= 0.3 is 0 Å². The fourth-order valence-electron chi connectivity index (χ4n) is 2.18. The molecule has 2 unspecified atom stereocenters. The van der Waals surface area contributed by atoms with E-state index in [9.17, 15) is 5.11 Å². The summed E-state index contributed by atoms with van der Waals surface area (Å²) in [7, 11) is 0. The number of nitrogens with zero attached hydrogens (tertiary/aromatic N) is 2. The predicted molar refractivity (Wildman–Crippen MR) is 65.4 cm³/mol. The molecule has 0 aromatic carbocycles. The summed E-state index contributed by atoms with van der Waals surface area (Å²) in [6, 6.07) is 3.81. The first-order valence-corrected chi connectivity index (χ1v) is 5.74. The lowest BCUT2D eigenvalue weighted by molar-refractivity contribution is 0.136. The largest absolute Gasteiger partial charge is 0.396 e. The second-order valence-corrected chi connectivity index (χ2v) is 4.60. The molecule has 4 heteroatoms. The van der Waals surface area contributed by atoms with Gasteiger partial charge in [0.05, 0.1) is 11.8 Å². The Morgan fingerprint density at radius 1 is 1.56 bits per heavy atom. The molecule has 88 valence electrons. The van der Waals surface area contributed by atoms with Crippen molar-refractivity contribution in [2.45, 2.75) is 26.4 Å². The molecule has 0 radical (unpaired) electrons. The molecule has 0 aliphatic carbocycles. The highest BCUT2D eigenvalue weighted by atomic mass is 16.3. The van der Waals surface area contributed by atoms with Gasteiger partial charge in [-0.2, -0.15) is 0 Å². The number of aromatic nitrogens is 1. The number of rotatable bonds is 2. The maximum atomic E-state index is 9.56. The Kier molecular flexibility index (Phi) is 3.01. The molecule has 1 aromatic heterocycles. The number of nitrogens with two attached hydrogens (primary N) is 1. The van der Waals surface area contributed by atoms with E-state index in [2.05, 4.69) is 9.88 Å². The van der Waals surface area contributed by atoms with Gasteiger partial charge in [-0.25, -0.2) is 4.98 Å². The monoisotopic (exact) mass is 221 g/mol. The smallest absolute Gasteiger partial charge is 0.152 e. The number of aliphatic hydroxyl groups is 1. The summed E-state index contributed by atoms with van der Waals surface area (Å²) in [6.45, 7) is 5.58. The molecule has 0 saturated carbocycles. The van der Waals surface area contributed by atoms with E-state index in [1.165, 1.54) is 0 Å². The number of pyridine rings is 1. The summed E-state index contributed by atoms with van der Waals surface area (Å²) in [6.07, 6.45) is 0.753. The number of hydrogen-bond acceptors (Lipinski definition) is 4. The van der Waals surface area contributed by atoms with E-state index >= 15 is 0 Å². The van der Waals surface area contributed by atoms with Crippen molar-refractivity contribution in [3.05, 3.63) is 17.8 Å². The van der Waals surface area contributed by atoms with Gasteiger partial charge in [-0.3, -0.25) is 0 Å². The van der Waals surface area contributed by atoms with Crippen LogP contribution in [-0.2, 0) is 0 Å². The van der Waals surface area contributed by atoms with Crippen molar-refractivity contribution in [3.8, 4) is 0 Å². The summed E-state index contributed by atoms with van der Waals surface area (Å²) in [4.78, 5) is 6.63. The van der Waals surface area contributed by atoms with Gasteiger partial charge in [0.15, 0.2) is 5.82 Å². The Balaban J connectivity index is 2.17. The predicted octanol–water partition coefficient (Wildman–Crippen LogP) is 1.18. The molecule has 3 N–H and O–H groups in total. The molecule has 0 bridgehead atoms. The number of nitrogen functional groups attached to an aromatic ring is 1. The normalized spacial score (nSPS) is 22.4. The van der Waals surface area contributed by atoms with Gasteiger partial charge in [0.1, 0.15) is 0 Å². The van der Waals surface area contributed by atoms with Crippen LogP contribution in [0.4, 0.5) is 11.5 Å². The van der Waals surface area contributed by atoms with Crippen LogP contribution in [0.25, 0.3) is 0 Å². The van der Waals surface area contributed by atoms with Crippen molar-refractivity contribution >= 4 is 11.5 Å². The van der Waals surface area contributed by atoms with E-state index in [4.69, 9.17) is 5.73 Å². The average molecular weight is 221 g/mol. The Labute approximate surface area is 96.1 Å². The zero-order valence-electron chi connectivity index (χ0n) is 9.85. The zero-order chi connectivity index (χ0) is 11.7. The summed E-state index contributed by atoms with van der Waals surface area (Å²) < 4.78 is 0. The van der Waals surface area contributed by atoms with Gasteiger partial charge in [0.25, 0.3) is 0 Å². The lowest BCUT2D eigenvalue weighted by atomic mass is 10.0. The molecule has 16 heavy (non-hydrogen) atoms. The van der Waals surface area contributed by atoms with E-state index < -0.39 is 0 Å². The Bertz CT molecular complexity index is 379. The summed E-state index contributed by atoms with van der Waals surface area (Å²) in [5.41, 5.74) is 7.62. The fraction of sp³-hybridized carbons (Fsp3) is 0.583. The van der Waals surface area contributed by atoms with E-state index in [1.807, 2.05) is 26.0 Å². The summed E-state index contributed by atoms with van der Waals surface area (Å²) in [5.74, 6) is 1.20. The first-order chi connectivity index (χ1) is 7.58. The SMILES string of the molecule is Cc1ccc(N)c(N2CCC(C(C)O)C2)n1. The van der Waals surface area contributed by atoms with Crippen LogP contribution < -0.4 is 10.6 Å². The van der Waals surface area contributed by atoms with Crippen molar-refractivity contribution in [1.82, 2.24) is 4.98 Å². The third-order valence-corrected chi connectivity index (χ3v) is 3.25. The fourth-order valence-corrected chi connectivity index (χ4v) is 2.18. The molecule has 2 heterocycles. The molecule has 2 rings (SSSR count). The van der Waals surface area contributed by atoms with Crippen molar-refractivity contribution in [2.75, 3.05) is 23.7 Å². The first-order valence-electron chi connectivity index (χ1n) is 5.74. The summed E-state index contributed by atoms with van der Waals surface area (Å²) in [5, 5.41) is 9.56. The van der Waals surface area contributed by atoms with Gasteiger partial charge in [0.2, 0.25) is 0 Å². The number of aliphatic hydroxyl groups excluding tert-OH is 1. The van der Waals surface area contributed by atoms with Crippen molar-refractivity contribution in [1.29, 1.82) is 0 Å². The van der Waals surface area contributed by atoms with Gasteiger partial charge in [-0.1, -0.05) is 0 Å². The second-order valence-electron chi connectivity index (χ2n) is 4.60. The van der Waals surface area contributed by atoms with Gasteiger partial charge in [-0.05, 0) is 32.4 Å². The molecule has 1 aliphatic rings. The highest BCUT2D eigenvalue weighted by Crippen LogP contribution is 2.28. The maximum Gasteiger partial charge on any atom is 0.152 e. The van der Waals surface area contributed by atoms with Crippen LogP contribution in [0.3, 0.4) is 0 Å². The molecule has 1 aromatic rings. The van der Waals surface area contributed by atoms with Crippen molar-refractivity contribution < 1.29 is 5.11 Å². The van der Waals surface area contributed by atoms with Crippen LogP contribution in [0.1, 0.15) is 19.0 Å². The van der Waals surface area contributed by atoms with Crippen LogP contribution in [0.5, 0.6) is 0 Å². The zero-order valence-corrected chi connectivity index (χ0v) is 9.85. The Morgan fingerprint density at radius 2 is 2.31 bits per heavy atom. The number of anilines is 2. The first kappa shape index (κ1) is 11.2. The van der Waals surface area contributed by atoms with E-state index in [1.54, 1.807) is 0 Å². The van der Waals surface area contributed by atoms with Crippen molar-refractivity contribution in [3.63, 3.8) is 0 Å². The molecule has 1 aliphatic heterocycles. The van der Waals surface area contributed by atoms with Crippen LogP contribution >= 0.6 is 0 Å². The van der Waals surface area contributed by atoms with E-state index in [0.29, 0.717) is 5.92 Å². The van der Waals surface area contributed by atoms with E-state index in [-0.39, 0.29) is 6.10 Å². The second kappa shape index (κ2) is 4.29. The lowest BCUT2D eigenvalue weighted by Gasteiger charge is -2.20. The molecular formula is C12H19N3O. The van der Waals surface area contributed by atoms with Crippen LogP contribution in [0, 0.1) is 12.8 Å². The van der Waals surface area contributed by atoms with Gasteiger partial charge in [0, 0.05) is 24.7 Å². The van der Waals surface area contributed by atoms with Gasteiger partial charge in [-0.15, -0.1) is 0 Å². The molecule has 1 saturated heterocycles. The molecular weight excluding hydrogens is 202 g/mol. The van der Waals surface area contributed by atoms with Crippen LogP contribution in [0.2, 0.25) is 0 Å². The minimum absolute atomic E-state index is 0.254. The molecule has 0 spiro atoms. The van der Waals surface area contributed by atoms with Crippen molar-refractivity contribution in [2.24, 2.45) is 5.92 Å². The van der Waals surface area contributed by atoms with Crippen LogP contribution in [-0.4, -0.2) is 29.3 Å². The lowest BCUT2D eigenvalue weighted by Crippen LogP contribution is -2.25. The molecule has 4 nitrogen and oxygen atoms in total. The third-order valence-electron chi connectivity index (χ3n) is 3.25. The number of hydrogen-bond donors (Lipinski definition) is 2. The molecule has 1 fully saturated rings. The Morgan fingerprint density at radius 3 is 2.94 bits per heavy atom. The van der Waals surface area contributed by atoms with Gasteiger partial charge < -0.3 is 15.7 Å². The standard InChI is InChI=1S/C12H19N3O/c1-8-3-4-11(13)12(14-8)15-6-5-10(7-15)9(2)16/h3-4,9-10,16H,5-7,13H2,1-2H3. The molecule has 0 amide bonds. The molecule has 2 atom stereocenters. The highest BCUT2D eigenvalue weighted by Gasteiger charge is 2.27. The topological polar surface area (TPSA) is 62.4 Å². The third kappa shape index (κ3) is 2.11. The maximum absolute atomic E-state index is 9.56. The Hall–Kier alpha value is -1.29. The minimum Gasteiger partial charge on any atom is -0.396 e. The highest BCUT2D eigenvalue weighted by molar-refractivity contribution is 5.63.